The normalized spacial score (nSPS) is 18.3. The first-order chi connectivity index (χ1) is 22.7. The molecule has 0 bridgehead atoms. The molecule has 1 aliphatic rings. The average molecular weight is 676 g/mol. The van der Waals surface area contributed by atoms with E-state index in [1.807, 2.05) is 12.2 Å². The molecule has 1 saturated carbocycles. The number of rotatable bonds is 20. The summed E-state index contributed by atoms with van der Waals surface area (Å²) in [5, 5.41) is 30.6. The molecule has 3 rings (SSSR count). The molecule has 0 saturated heterocycles. The van der Waals surface area contributed by atoms with Crippen LogP contribution in [0.2, 0.25) is 5.02 Å². The number of unbranched alkanes of at least 4 members (excludes halogenated alkanes) is 2. The SMILES string of the molecule is COc1cc(C(=O)OCCCCO[N+](=O)[O-])ccc1OC(=O)CCC/C=C\C[C@H]1CC[C@@H](O)[C@@H]1/C=C/[C@@H](O)COc1cccc(Cl)c1. The second-order valence-corrected chi connectivity index (χ2v) is 11.5. The summed E-state index contributed by atoms with van der Waals surface area (Å²) in [5.41, 5.74) is 0.208. The van der Waals surface area contributed by atoms with Crippen molar-refractivity contribution in [3.8, 4) is 17.2 Å². The lowest BCUT2D eigenvalue weighted by Crippen LogP contribution is -2.19. The largest absolute Gasteiger partial charge is 0.493 e. The molecule has 12 nitrogen and oxygen atoms in total. The molecule has 0 heterocycles. The van der Waals surface area contributed by atoms with Gasteiger partial charge in [-0.1, -0.05) is 42.0 Å². The van der Waals surface area contributed by atoms with Gasteiger partial charge in [0.1, 0.15) is 18.5 Å². The van der Waals surface area contributed by atoms with Crippen LogP contribution in [-0.4, -0.2) is 66.4 Å². The average Bonchev–Trinajstić information content (AvgIpc) is 3.40. The zero-order valence-corrected chi connectivity index (χ0v) is 27.1. The van der Waals surface area contributed by atoms with E-state index in [0.717, 1.165) is 12.8 Å². The highest BCUT2D eigenvalue weighted by Gasteiger charge is 2.32. The number of benzene rings is 2. The summed E-state index contributed by atoms with van der Waals surface area (Å²) in [7, 11) is 1.39. The third-order valence-electron chi connectivity index (χ3n) is 7.54. The number of ether oxygens (including phenoxy) is 4. The van der Waals surface area contributed by atoms with Crippen LogP contribution in [0.5, 0.6) is 17.2 Å². The fourth-order valence-corrected chi connectivity index (χ4v) is 5.27. The fourth-order valence-electron chi connectivity index (χ4n) is 5.09. The molecule has 0 aromatic heterocycles. The van der Waals surface area contributed by atoms with E-state index in [-0.39, 0.29) is 55.1 Å². The van der Waals surface area contributed by atoms with Crippen LogP contribution < -0.4 is 14.2 Å². The van der Waals surface area contributed by atoms with Gasteiger partial charge in [0.2, 0.25) is 0 Å². The third kappa shape index (κ3) is 13.6. The Morgan fingerprint density at radius 1 is 1.09 bits per heavy atom. The minimum Gasteiger partial charge on any atom is -0.493 e. The van der Waals surface area contributed by atoms with Crippen LogP contribution in [0.4, 0.5) is 0 Å². The van der Waals surface area contributed by atoms with E-state index >= 15 is 0 Å². The van der Waals surface area contributed by atoms with Crippen molar-refractivity contribution >= 4 is 23.5 Å². The molecule has 0 aliphatic heterocycles. The Morgan fingerprint density at radius 3 is 2.66 bits per heavy atom. The summed E-state index contributed by atoms with van der Waals surface area (Å²) in [6.07, 6.45) is 10.9. The first-order valence-corrected chi connectivity index (χ1v) is 15.9. The summed E-state index contributed by atoms with van der Waals surface area (Å²) in [4.78, 5) is 39.1. The molecule has 2 N–H and O–H groups in total. The van der Waals surface area contributed by atoms with Crippen LogP contribution in [0.25, 0.3) is 0 Å². The highest BCUT2D eigenvalue weighted by molar-refractivity contribution is 6.30. The van der Waals surface area contributed by atoms with Crippen molar-refractivity contribution in [2.75, 3.05) is 26.9 Å². The van der Waals surface area contributed by atoms with Crippen molar-refractivity contribution in [2.45, 2.75) is 63.6 Å². The summed E-state index contributed by atoms with van der Waals surface area (Å²) in [6.45, 7) is 0.0729. The molecule has 2 aromatic rings. The number of carbonyl (C=O) groups excluding carboxylic acids is 2. The zero-order chi connectivity index (χ0) is 34.0. The molecule has 1 fully saturated rings. The van der Waals surface area contributed by atoms with E-state index in [0.29, 0.717) is 42.9 Å². The number of halogens is 1. The van der Waals surface area contributed by atoms with Gasteiger partial charge in [-0.15, -0.1) is 10.1 Å². The lowest BCUT2D eigenvalue weighted by molar-refractivity contribution is -0.757. The maximum Gasteiger partial charge on any atom is 0.338 e. The van der Waals surface area contributed by atoms with E-state index in [4.69, 9.17) is 30.5 Å². The number of aliphatic hydroxyl groups is 2. The van der Waals surface area contributed by atoms with Crippen molar-refractivity contribution in [3.05, 3.63) is 87.5 Å². The minimum atomic E-state index is -0.873. The van der Waals surface area contributed by atoms with E-state index in [1.54, 1.807) is 30.3 Å². The number of hydrogen-bond acceptors (Lipinski definition) is 11. The lowest BCUT2D eigenvalue weighted by atomic mass is 9.91. The molecule has 4 atom stereocenters. The number of nitrogens with zero attached hydrogens (tertiary/aromatic N) is 1. The second kappa shape index (κ2) is 20.2. The summed E-state index contributed by atoms with van der Waals surface area (Å²) in [6, 6.07) is 11.3. The topological polar surface area (TPSA) is 164 Å². The van der Waals surface area contributed by atoms with Gasteiger partial charge in [-0.3, -0.25) is 4.79 Å². The molecule has 13 heteroatoms. The number of methoxy groups -OCH3 is 1. The predicted octanol–water partition coefficient (Wildman–Crippen LogP) is 5.90. The van der Waals surface area contributed by atoms with Gasteiger partial charge in [-0.25, -0.2) is 4.79 Å². The van der Waals surface area contributed by atoms with Crippen LogP contribution in [0, 0.1) is 22.0 Å². The van der Waals surface area contributed by atoms with Gasteiger partial charge in [0, 0.05) is 17.4 Å². The maximum absolute atomic E-state index is 12.4. The Balaban J connectivity index is 1.35. The predicted molar refractivity (Wildman–Crippen MR) is 173 cm³/mol. The van der Waals surface area contributed by atoms with Gasteiger partial charge in [0.15, 0.2) is 11.5 Å². The van der Waals surface area contributed by atoms with E-state index in [9.17, 15) is 29.9 Å². The van der Waals surface area contributed by atoms with Gasteiger partial charge < -0.3 is 34.0 Å². The first-order valence-electron chi connectivity index (χ1n) is 15.6. The highest BCUT2D eigenvalue weighted by atomic mass is 35.5. The number of carbonyl (C=O) groups is 2. The molecule has 47 heavy (non-hydrogen) atoms. The quantitative estimate of drug-likeness (QED) is 0.0429. The van der Waals surface area contributed by atoms with Crippen molar-refractivity contribution in [2.24, 2.45) is 11.8 Å². The Hall–Kier alpha value is -4.13. The van der Waals surface area contributed by atoms with Crippen LogP contribution in [0.3, 0.4) is 0 Å². The monoisotopic (exact) mass is 675 g/mol. The Labute approximate surface area is 279 Å². The van der Waals surface area contributed by atoms with Gasteiger partial charge in [-0.05, 0) is 87.3 Å². The lowest BCUT2D eigenvalue weighted by Gasteiger charge is -2.18. The molecular formula is C34H42ClNO11. The van der Waals surface area contributed by atoms with Gasteiger partial charge in [-0.2, -0.15) is 0 Å². The Morgan fingerprint density at radius 2 is 1.89 bits per heavy atom. The van der Waals surface area contributed by atoms with E-state index in [2.05, 4.69) is 10.9 Å². The van der Waals surface area contributed by atoms with Gasteiger partial charge >= 0.3 is 11.9 Å². The van der Waals surface area contributed by atoms with Crippen LogP contribution >= 0.6 is 11.6 Å². The van der Waals surface area contributed by atoms with E-state index in [1.165, 1.54) is 25.3 Å². The molecule has 0 radical (unpaired) electrons. The number of hydrogen-bond donors (Lipinski definition) is 2. The summed E-state index contributed by atoms with van der Waals surface area (Å²) < 4.78 is 21.5. The van der Waals surface area contributed by atoms with Crippen molar-refractivity contribution in [1.82, 2.24) is 0 Å². The summed E-state index contributed by atoms with van der Waals surface area (Å²) in [5.74, 6) is 0.0945. The highest BCUT2D eigenvalue weighted by Crippen LogP contribution is 2.36. The summed E-state index contributed by atoms with van der Waals surface area (Å²) >= 11 is 5.96. The number of allylic oxidation sites excluding steroid dienone is 2. The van der Waals surface area contributed by atoms with Crippen molar-refractivity contribution in [3.63, 3.8) is 0 Å². The van der Waals surface area contributed by atoms with Gasteiger partial charge in [0.25, 0.3) is 5.09 Å². The number of aliphatic hydroxyl groups excluding tert-OH is 2. The Kier molecular flexibility index (Phi) is 16.0. The van der Waals surface area contributed by atoms with E-state index < -0.39 is 29.2 Å². The smallest absolute Gasteiger partial charge is 0.338 e. The minimum absolute atomic E-state index is 0.0681. The van der Waals surface area contributed by atoms with Crippen molar-refractivity contribution < 1.29 is 48.7 Å². The Bertz CT molecular complexity index is 1370. The van der Waals surface area contributed by atoms with Crippen LogP contribution in [0.1, 0.15) is 61.7 Å². The van der Waals surface area contributed by atoms with Gasteiger partial charge in [0.05, 0.1) is 32.0 Å². The molecule has 0 unspecified atom stereocenters. The maximum atomic E-state index is 12.4. The molecule has 0 amide bonds. The standard InChI is InChI=1S/C34H42ClNO11/c1-43-32-21-25(34(40)44-19-6-7-20-46-36(41)42)14-18-31(32)47-33(39)12-5-3-2-4-9-24-13-17-30(38)29(24)16-15-27(37)23-45-28-11-8-10-26(35)22-28/h2,4,8,10-11,14-16,18,21-22,24,27,29-30,37-38H,3,5-7,9,12-13,17,19-20,23H2,1H3/b4-2-,16-15+/t24-,27+,29+,30+/m0/s1. The molecular weight excluding hydrogens is 634 g/mol. The van der Waals surface area contributed by atoms with Crippen LogP contribution in [-0.2, 0) is 14.4 Å². The third-order valence-corrected chi connectivity index (χ3v) is 7.78. The fraction of sp³-hybridized carbons (Fsp3) is 0.471. The van der Waals surface area contributed by atoms with Crippen LogP contribution in [0.15, 0.2) is 66.8 Å². The van der Waals surface area contributed by atoms with Crippen molar-refractivity contribution in [1.29, 1.82) is 0 Å². The molecule has 2 aromatic carbocycles. The molecule has 0 spiro atoms. The zero-order valence-electron chi connectivity index (χ0n) is 26.3. The first kappa shape index (κ1) is 37.3. The second-order valence-electron chi connectivity index (χ2n) is 11.0. The molecule has 1 aliphatic carbocycles. The molecule has 256 valence electrons. The number of esters is 2.